The summed E-state index contributed by atoms with van der Waals surface area (Å²) in [5.74, 6) is 0.869. The van der Waals surface area contributed by atoms with Crippen LogP contribution in [-0.4, -0.2) is 20.9 Å². The SMILES string of the molecule is C/C(=C(/S)CC(C)C)c1ccc2c(c1)sc1ncnc(-c3[c-]c4ccccc4c(C(C)(C)C)c3)c12.CCC(C)(CC)C(=O)/C=C(\O)C(C)(CC)CC.[Ir]. The Morgan fingerprint density at radius 3 is 2.11 bits per heavy atom. The molecule has 0 atom stereocenters. The molecule has 0 bridgehead atoms. The van der Waals surface area contributed by atoms with Crippen molar-refractivity contribution in [1.29, 1.82) is 0 Å². The molecule has 0 amide bonds. The summed E-state index contributed by atoms with van der Waals surface area (Å²) in [6.07, 6.45) is 7.43. The number of thiol groups is 1. The molecule has 0 aliphatic rings. The molecule has 53 heavy (non-hydrogen) atoms. The summed E-state index contributed by atoms with van der Waals surface area (Å²) >= 11 is 6.53. The summed E-state index contributed by atoms with van der Waals surface area (Å²) in [6.45, 7) is 25.5. The van der Waals surface area contributed by atoms with Gasteiger partial charge < -0.3 is 5.11 Å². The van der Waals surface area contributed by atoms with E-state index in [2.05, 4.69) is 101 Å². The largest absolute Gasteiger partial charge is 0.512 e. The van der Waals surface area contributed by atoms with Crippen LogP contribution in [0.1, 0.15) is 126 Å². The van der Waals surface area contributed by atoms with Gasteiger partial charge in [0.25, 0.3) is 0 Å². The second-order valence-electron chi connectivity index (χ2n) is 16.2. The molecule has 0 aliphatic carbocycles. The smallest absolute Gasteiger partial charge is 0.164 e. The number of benzene rings is 3. The van der Waals surface area contributed by atoms with Gasteiger partial charge in [0, 0.05) is 52.8 Å². The van der Waals surface area contributed by atoms with Crippen LogP contribution < -0.4 is 0 Å². The van der Waals surface area contributed by atoms with Crippen LogP contribution in [0.25, 0.3) is 47.9 Å². The number of nitrogens with zero attached hydrogens (tertiary/aromatic N) is 2. The second-order valence-corrected chi connectivity index (χ2v) is 17.8. The fraction of sp³-hybridized carbons (Fsp3) is 0.457. The Hall–Kier alpha value is -2.83. The van der Waals surface area contributed by atoms with E-state index in [1.165, 1.54) is 38.2 Å². The summed E-state index contributed by atoms with van der Waals surface area (Å²) in [4.78, 5) is 23.8. The summed E-state index contributed by atoms with van der Waals surface area (Å²) in [7, 11) is 0. The molecule has 2 heterocycles. The molecular formula is C46H59IrN2O2S2-. The molecular weight excluding hydrogens is 869 g/mol. The Balaban J connectivity index is 0.000000359. The minimum absolute atomic E-state index is 0. The molecule has 3 aromatic carbocycles. The Morgan fingerprint density at radius 1 is 0.906 bits per heavy atom. The maximum Gasteiger partial charge on any atom is 0.164 e. The van der Waals surface area contributed by atoms with Crippen LogP contribution in [0.4, 0.5) is 0 Å². The Kier molecular flexibility index (Phi) is 15.3. The molecule has 0 saturated carbocycles. The summed E-state index contributed by atoms with van der Waals surface area (Å²) in [6, 6.07) is 21.2. The van der Waals surface area contributed by atoms with Crippen LogP contribution in [-0.2, 0) is 30.3 Å². The van der Waals surface area contributed by atoms with Crippen molar-refractivity contribution >= 4 is 66.4 Å². The minimum Gasteiger partial charge on any atom is -0.512 e. The number of hydrogen-bond acceptors (Lipinski definition) is 6. The molecule has 0 unspecified atom stereocenters. The average molecular weight is 928 g/mol. The molecule has 5 rings (SSSR count). The van der Waals surface area contributed by atoms with E-state index < -0.39 is 0 Å². The first kappa shape index (κ1) is 44.6. The fourth-order valence-electron chi connectivity index (χ4n) is 6.41. The molecule has 0 aliphatic heterocycles. The number of aromatic nitrogens is 2. The van der Waals surface area contributed by atoms with Gasteiger partial charge in [-0.25, -0.2) is 4.98 Å². The van der Waals surface area contributed by atoms with E-state index in [4.69, 9.17) is 17.6 Å². The van der Waals surface area contributed by atoms with Gasteiger partial charge in [-0.05, 0) is 77.9 Å². The normalized spacial score (nSPS) is 13.2. The number of carbonyl (C=O) groups excluding carboxylic acids is 1. The standard InChI is InChI=1S/C31H31N2S2.C15H28O2.Ir/c1-18(2)13-26(34)19(3)20-11-12-24-27(16-20)35-30-28(24)29(32-17-33-30)22-14-21-9-7-8-10-23(21)25(15-22)31(4,5)6;1-7-14(5,8-2)12(16)11-13(17)15(6,9-3)10-4;/h7-12,15-18,34H,13H2,1-6H3;11,16H,7-10H2,1-6H3;/q-1;;/b26-19-;12-11-;. The van der Waals surface area contributed by atoms with E-state index in [0.29, 0.717) is 5.92 Å². The van der Waals surface area contributed by atoms with E-state index in [1.807, 2.05) is 41.5 Å². The van der Waals surface area contributed by atoms with Crippen LogP contribution in [0.5, 0.6) is 0 Å². The molecule has 1 N–H and O–H groups in total. The van der Waals surface area contributed by atoms with Crippen molar-refractivity contribution in [1.82, 2.24) is 9.97 Å². The third-order valence-electron chi connectivity index (χ3n) is 11.2. The molecule has 1 radical (unpaired) electrons. The van der Waals surface area contributed by atoms with Crippen LogP contribution >= 0.6 is 24.0 Å². The second kappa shape index (κ2) is 18.2. The molecule has 0 fully saturated rings. The zero-order valence-corrected chi connectivity index (χ0v) is 37.9. The third kappa shape index (κ3) is 9.89. The first-order valence-electron chi connectivity index (χ1n) is 18.9. The van der Waals surface area contributed by atoms with Crippen molar-refractivity contribution in [3.05, 3.63) is 88.8 Å². The predicted molar refractivity (Wildman–Crippen MR) is 230 cm³/mol. The van der Waals surface area contributed by atoms with Gasteiger partial charge in [-0.3, -0.25) is 9.78 Å². The summed E-state index contributed by atoms with van der Waals surface area (Å²) < 4.78 is 1.22. The van der Waals surface area contributed by atoms with Gasteiger partial charge in [0.1, 0.15) is 16.9 Å². The molecule has 4 nitrogen and oxygen atoms in total. The van der Waals surface area contributed by atoms with E-state index in [9.17, 15) is 9.90 Å². The fourth-order valence-corrected chi connectivity index (χ4v) is 7.99. The Bertz CT molecular complexity index is 2110. The number of rotatable bonds is 11. The number of aliphatic hydroxyl groups excluding tert-OH is 1. The van der Waals surface area contributed by atoms with Crippen LogP contribution in [0.15, 0.2) is 71.6 Å². The zero-order valence-electron chi connectivity index (χ0n) is 33.8. The monoisotopic (exact) mass is 928 g/mol. The molecule has 5 aromatic rings. The number of fused-ring (bicyclic) bond motifs is 4. The topological polar surface area (TPSA) is 63.1 Å². The molecule has 0 saturated heterocycles. The Labute approximate surface area is 341 Å². The van der Waals surface area contributed by atoms with Gasteiger partial charge in [-0.15, -0.1) is 53.1 Å². The van der Waals surface area contributed by atoms with Crippen LogP contribution in [0, 0.1) is 22.8 Å². The van der Waals surface area contributed by atoms with Gasteiger partial charge in [-0.1, -0.05) is 117 Å². The van der Waals surface area contributed by atoms with E-state index >= 15 is 0 Å². The van der Waals surface area contributed by atoms with Crippen molar-refractivity contribution in [2.45, 2.75) is 121 Å². The molecule has 2 aromatic heterocycles. The van der Waals surface area contributed by atoms with Crippen molar-refractivity contribution in [2.75, 3.05) is 0 Å². The number of aliphatic hydroxyl groups is 1. The Morgan fingerprint density at radius 2 is 1.53 bits per heavy atom. The van der Waals surface area contributed by atoms with Gasteiger partial charge in [0.2, 0.25) is 0 Å². The first-order chi connectivity index (χ1) is 24.4. The van der Waals surface area contributed by atoms with E-state index in [0.717, 1.165) is 63.9 Å². The van der Waals surface area contributed by atoms with Crippen molar-refractivity contribution in [3.8, 4) is 11.3 Å². The minimum atomic E-state index is -0.337. The first-order valence-corrected chi connectivity index (χ1v) is 20.2. The van der Waals surface area contributed by atoms with Crippen molar-refractivity contribution < 1.29 is 30.0 Å². The van der Waals surface area contributed by atoms with Crippen LogP contribution in [0.3, 0.4) is 0 Å². The maximum atomic E-state index is 12.2. The van der Waals surface area contributed by atoms with Crippen molar-refractivity contribution in [3.63, 3.8) is 0 Å². The maximum absolute atomic E-state index is 12.2. The molecule has 287 valence electrons. The number of thiophene rings is 1. The molecule has 0 spiro atoms. The quantitative estimate of drug-likeness (QED) is 0.0600. The van der Waals surface area contributed by atoms with Crippen molar-refractivity contribution in [2.24, 2.45) is 16.7 Å². The van der Waals surface area contributed by atoms with Gasteiger partial charge >= 0.3 is 0 Å². The van der Waals surface area contributed by atoms with Gasteiger partial charge in [0.05, 0.1) is 0 Å². The van der Waals surface area contributed by atoms with E-state index in [-0.39, 0.29) is 47.9 Å². The number of hydrogen-bond donors (Lipinski definition) is 2. The summed E-state index contributed by atoms with van der Waals surface area (Å²) in [5, 5.41) is 14.8. The predicted octanol–water partition coefficient (Wildman–Crippen LogP) is 14.1. The number of carbonyl (C=O) groups is 1. The number of ketones is 1. The molecule has 7 heteroatoms. The summed E-state index contributed by atoms with van der Waals surface area (Å²) in [5.41, 5.74) is 5.15. The van der Waals surface area contributed by atoms with Gasteiger partial charge in [0.15, 0.2) is 5.78 Å². The van der Waals surface area contributed by atoms with E-state index in [1.54, 1.807) is 17.7 Å². The zero-order chi connectivity index (χ0) is 38.6. The number of allylic oxidation sites excluding steroid dienone is 4. The third-order valence-corrected chi connectivity index (χ3v) is 12.8. The van der Waals surface area contributed by atoms with Gasteiger partial charge in [-0.2, -0.15) is 0 Å². The van der Waals surface area contributed by atoms with Crippen LogP contribution in [0.2, 0.25) is 0 Å². The average Bonchev–Trinajstić information content (AvgIpc) is 3.51.